The van der Waals surface area contributed by atoms with E-state index in [0.29, 0.717) is 31.0 Å². The quantitative estimate of drug-likeness (QED) is 0.614. The van der Waals surface area contributed by atoms with Gasteiger partial charge in [-0.05, 0) is 47.9 Å². The third kappa shape index (κ3) is 6.43. The lowest BCUT2D eigenvalue weighted by atomic mass is 10.1. The van der Waals surface area contributed by atoms with Gasteiger partial charge in [-0.1, -0.05) is 30.3 Å². The Labute approximate surface area is 170 Å². The number of hydrogen-bond donors (Lipinski definition) is 1. The molecule has 6 nitrogen and oxygen atoms in total. The van der Waals surface area contributed by atoms with Gasteiger partial charge in [-0.3, -0.25) is 4.79 Å². The molecule has 0 aliphatic heterocycles. The van der Waals surface area contributed by atoms with Gasteiger partial charge in [-0.2, -0.15) is 0 Å². The minimum atomic E-state index is -3.21. The zero-order chi connectivity index (χ0) is 20.7. The molecule has 2 aromatic carbocycles. The molecule has 1 aromatic heterocycles. The van der Waals surface area contributed by atoms with Crippen LogP contribution in [0.3, 0.4) is 0 Å². The minimum Gasteiger partial charge on any atom is -0.439 e. The monoisotopic (exact) mass is 410 g/mol. The Kier molecular flexibility index (Phi) is 6.61. The molecule has 7 heteroatoms. The summed E-state index contributed by atoms with van der Waals surface area (Å²) in [5, 5.41) is 2.89. The molecule has 0 aliphatic rings. The highest BCUT2D eigenvalue weighted by atomic mass is 32.2. The summed E-state index contributed by atoms with van der Waals surface area (Å²) in [6.45, 7) is 0.394. The van der Waals surface area contributed by atoms with Crippen LogP contribution in [0.15, 0.2) is 77.8 Å². The Bertz CT molecular complexity index is 1070. The maximum absolute atomic E-state index is 12.1. The lowest BCUT2D eigenvalue weighted by Crippen LogP contribution is -2.23. The number of nitrogens with one attached hydrogen (secondary N) is 1. The number of nitrogens with zero attached hydrogens (tertiary/aromatic N) is 1. The van der Waals surface area contributed by atoms with Crippen LogP contribution >= 0.6 is 0 Å². The van der Waals surface area contributed by atoms with Gasteiger partial charge in [0.1, 0.15) is 5.75 Å². The molecule has 1 heterocycles. The van der Waals surface area contributed by atoms with Crippen LogP contribution in [0.4, 0.5) is 0 Å². The summed E-state index contributed by atoms with van der Waals surface area (Å²) in [5.74, 6) is 1.09. The number of carbonyl (C=O) groups is 1. The van der Waals surface area contributed by atoms with Gasteiger partial charge >= 0.3 is 0 Å². The Morgan fingerprint density at radius 2 is 1.79 bits per heavy atom. The average molecular weight is 410 g/mol. The molecule has 3 aromatic rings. The number of ether oxygens (including phenoxy) is 1. The van der Waals surface area contributed by atoms with Crippen LogP contribution in [0.2, 0.25) is 0 Å². The topological polar surface area (TPSA) is 85.4 Å². The summed E-state index contributed by atoms with van der Waals surface area (Å²) in [6, 6.07) is 19.5. The Morgan fingerprint density at radius 1 is 1.00 bits per heavy atom. The van der Waals surface area contributed by atoms with E-state index in [4.69, 9.17) is 4.74 Å². The number of aryl methyl sites for hydroxylation is 1. The Balaban J connectivity index is 1.48. The van der Waals surface area contributed by atoms with Crippen molar-refractivity contribution in [3.63, 3.8) is 0 Å². The van der Waals surface area contributed by atoms with Crippen LogP contribution in [-0.2, 0) is 27.6 Å². The highest BCUT2D eigenvalue weighted by Gasteiger charge is 2.08. The molecule has 0 radical (unpaired) electrons. The second-order valence-corrected chi connectivity index (χ2v) is 8.63. The van der Waals surface area contributed by atoms with Crippen LogP contribution < -0.4 is 10.1 Å². The molecule has 0 atom stereocenters. The summed E-state index contributed by atoms with van der Waals surface area (Å²) in [5.41, 5.74) is 1.84. The van der Waals surface area contributed by atoms with E-state index < -0.39 is 9.84 Å². The smallest absolute Gasteiger partial charge is 0.220 e. The predicted octanol–water partition coefficient (Wildman–Crippen LogP) is 3.53. The van der Waals surface area contributed by atoms with Crippen LogP contribution in [-0.4, -0.2) is 25.6 Å². The third-order valence-electron chi connectivity index (χ3n) is 4.24. The van der Waals surface area contributed by atoms with Crippen LogP contribution in [0.25, 0.3) is 0 Å². The highest BCUT2D eigenvalue weighted by molar-refractivity contribution is 7.90. The van der Waals surface area contributed by atoms with Crippen molar-refractivity contribution in [2.45, 2.75) is 24.3 Å². The molecule has 150 valence electrons. The van der Waals surface area contributed by atoms with Gasteiger partial charge in [0.25, 0.3) is 0 Å². The Hall–Kier alpha value is -3.19. The molecule has 0 unspecified atom stereocenters. The molecule has 0 bridgehead atoms. The van der Waals surface area contributed by atoms with Crippen molar-refractivity contribution >= 4 is 15.7 Å². The fraction of sp³-hybridized carbons (Fsp3) is 0.182. The fourth-order valence-electron chi connectivity index (χ4n) is 2.70. The van der Waals surface area contributed by atoms with Gasteiger partial charge in [-0.15, -0.1) is 0 Å². The number of aromatic nitrogens is 1. The average Bonchev–Trinajstić information content (AvgIpc) is 2.71. The summed E-state index contributed by atoms with van der Waals surface area (Å²) < 4.78 is 28.7. The number of carbonyl (C=O) groups excluding carboxylic acids is 1. The van der Waals surface area contributed by atoms with Crippen molar-refractivity contribution in [2.24, 2.45) is 0 Å². The lowest BCUT2D eigenvalue weighted by molar-refractivity contribution is -0.121. The maximum Gasteiger partial charge on any atom is 0.220 e. The first kappa shape index (κ1) is 20.5. The standard InChI is InChI=1S/C22H22N2O4S/c1-29(26,27)20-11-8-17(9-12-20)10-13-21(25)24-16-18-5-4-6-19(15-18)28-22-7-2-3-14-23-22/h2-9,11-12,14-15H,10,13,16H2,1H3,(H,24,25). The number of benzene rings is 2. The summed E-state index contributed by atoms with van der Waals surface area (Å²) in [7, 11) is -3.21. The molecule has 1 amide bonds. The van der Waals surface area contributed by atoms with E-state index in [2.05, 4.69) is 10.3 Å². The molecule has 0 saturated carbocycles. The molecular weight excluding hydrogens is 388 g/mol. The number of pyridine rings is 1. The maximum atomic E-state index is 12.1. The first-order valence-electron chi connectivity index (χ1n) is 9.14. The molecule has 0 aliphatic carbocycles. The van der Waals surface area contributed by atoms with Gasteiger partial charge in [0.15, 0.2) is 9.84 Å². The van der Waals surface area contributed by atoms with Crippen LogP contribution in [0.1, 0.15) is 17.5 Å². The van der Waals surface area contributed by atoms with Crippen LogP contribution in [0, 0.1) is 0 Å². The van der Waals surface area contributed by atoms with Crippen molar-refractivity contribution < 1.29 is 17.9 Å². The molecule has 0 saturated heterocycles. The Morgan fingerprint density at radius 3 is 2.48 bits per heavy atom. The summed E-state index contributed by atoms with van der Waals surface area (Å²) in [6.07, 6.45) is 3.70. The highest BCUT2D eigenvalue weighted by Crippen LogP contribution is 2.20. The summed E-state index contributed by atoms with van der Waals surface area (Å²) >= 11 is 0. The van der Waals surface area contributed by atoms with Gasteiger partial charge in [0, 0.05) is 31.5 Å². The number of rotatable bonds is 8. The van der Waals surface area contributed by atoms with Gasteiger partial charge in [0.2, 0.25) is 11.8 Å². The molecule has 1 N–H and O–H groups in total. The van der Waals surface area contributed by atoms with Gasteiger partial charge in [0.05, 0.1) is 4.90 Å². The second-order valence-electron chi connectivity index (χ2n) is 6.61. The molecule has 3 rings (SSSR count). The zero-order valence-electron chi connectivity index (χ0n) is 16.0. The molecule has 0 spiro atoms. The van der Waals surface area contributed by atoms with Crippen molar-refractivity contribution in [1.29, 1.82) is 0 Å². The first-order chi connectivity index (χ1) is 13.9. The van der Waals surface area contributed by atoms with E-state index in [9.17, 15) is 13.2 Å². The van der Waals surface area contributed by atoms with Crippen molar-refractivity contribution in [2.75, 3.05) is 6.26 Å². The predicted molar refractivity (Wildman–Crippen MR) is 110 cm³/mol. The molecular formula is C22H22N2O4S. The normalized spacial score (nSPS) is 11.1. The van der Waals surface area contributed by atoms with E-state index in [1.54, 1.807) is 36.5 Å². The van der Waals surface area contributed by atoms with Crippen molar-refractivity contribution in [1.82, 2.24) is 10.3 Å². The van der Waals surface area contributed by atoms with E-state index in [1.807, 2.05) is 36.4 Å². The number of hydrogen-bond acceptors (Lipinski definition) is 5. The fourth-order valence-corrected chi connectivity index (χ4v) is 3.33. The van der Waals surface area contributed by atoms with E-state index >= 15 is 0 Å². The van der Waals surface area contributed by atoms with Crippen molar-refractivity contribution in [3.05, 3.63) is 84.1 Å². The molecule has 29 heavy (non-hydrogen) atoms. The van der Waals surface area contributed by atoms with Gasteiger partial charge < -0.3 is 10.1 Å². The third-order valence-corrected chi connectivity index (χ3v) is 5.37. The lowest BCUT2D eigenvalue weighted by Gasteiger charge is -2.08. The van der Waals surface area contributed by atoms with Gasteiger partial charge in [-0.25, -0.2) is 13.4 Å². The first-order valence-corrected chi connectivity index (χ1v) is 11.0. The summed E-state index contributed by atoms with van der Waals surface area (Å²) in [4.78, 5) is 16.5. The number of amides is 1. The van der Waals surface area contributed by atoms with E-state index in [-0.39, 0.29) is 10.8 Å². The number of sulfone groups is 1. The van der Waals surface area contributed by atoms with E-state index in [1.165, 1.54) is 6.26 Å². The zero-order valence-corrected chi connectivity index (χ0v) is 16.9. The largest absolute Gasteiger partial charge is 0.439 e. The molecule has 0 fully saturated rings. The second kappa shape index (κ2) is 9.34. The van der Waals surface area contributed by atoms with E-state index in [0.717, 1.165) is 11.1 Å². The van der Waals surface area contributed by atoms with Crippen LogP contribution in [0.5, 0.6) is 11.6 Å². The minimum absolute atomic E-state index is 0.0757. The van der Waals surface area contributed by atoms with Crippen molar-refractivity contribution in [3.8, 4) is 11.6 Å². The SMILES string of the molecule is CS(=O)(=O)c1ccc(CCC(=O)NCc2cccc(Oc3ccccn3)c2)cc1.